The summed E-state index contributed by atoms with van der Waals surface area (Å²) >= 11 is 0. The Kier molecular flexibility index (Phi) is 5.48. The quantitative estimate of drug-likeness (QED) is 0.787. The smallest absolute Gasteiger partial charge is 0.241 e. The van der Waals surface area contributed by atoms with Crippen LogP contribution in [0.3, 0.4) is 0 Å². The fraction of sp³-hybridized carbons (Fsp3) is 0.833. The second-order valence-corrected chi connectivity index (χ2v) is 5.60. The van der Waals surface area contributed by atoms with Crippen LogP contribution in [0.4, 0.5) is 0 Å². The highest BCUT2D eigenvalue weighted by molar-refractivity contribution is 5.87. The van der Waals surface area contributed by atoms with E-state index in [1.54, 1.807) is 11.9 Å². The summed E-state index contributed by atoms with van der Waals surface area (Å²) < 4.78 is 0. The first-order chi connectivity index (χ1) is 7.14. The van der Waals surface area contributed by atoms with Crippen LogP contribution in [0.5, 0.6) is 0 Å². The monoisotopic (exact) mass is 228 g/mol. The topological polar surface area (TPSA) is 49.4 Å². The molecule has 0 aliphatic heterocycles. The van der Waals surface area contributed by atoms with Crippen molar-refractivity contribution in [3.8, 4) is 0 Å². The number of hydrogen-bond donors (Lipinski definition) is 1. The maximum atomic E-state index is 11.6. The van der Waals surface area contributed by atoms with Gasteiger partial charge in [0.05, 0.1) is 6.54 Å². The standard InChI is InChI=1S/C12H24N2O2/c1-9(2)8-14(6)10(15)7-13-11(16)12(3,4)5/h9H,7-8H2,1-6H3,(H,13,16). The molecule has 0 spiro atoms. The zero-order valence-electron chi connectivity index (χ0n) is 11.3. The number of likely N-dealkylation sites (N-methyl/N-ethyl adjacent to an activating group) is 1. The lowest BCUT2D eigenvalue weighted by Crippen LogP contribution is -2.43. The third-order valence-electron chi connectivity index (χ3n) is 2.15. The fourth-order valence-electron chi connectivity index (χ4n) is 1.21. The van der Waals surface area contributed by atoms with Crippen molar-refractivity contribution in [3.63, 3.8) is 0 Å². The molecule has 0 aromatic carbocycles. The Labute approximate surface area is 98.4 Å². The van der Waals surface area contributed by atoms with Crippen LogP contribution >= 0.6 is 0 Å². The van der Waals surface area contributed by atoms with Gasteiger partial charge in [0, 0.05) is 19.0 Å². The molecule has 0 fully saturated rings. The molecule has 0 saturated heterocycles. The molecule has 0 bridgehead atoms. The minimum absolute atomic E-state index is 0.0497. The highest BCUT2D eigenvalue weighted by Gasteiger charge is 2.22. The van der Waals surface area contributed by atoms with Crippen LogP contribution in [0.1, 0.15) is 34.6 Å². The summed E-state index contributed by atoms with van der Waals surface area (Å²) in [6.07, 6.45) is 0. The molecule has 4 nitrogen and oxygen atoms in total. The van der Waals surface area contributed by atoms with E-state index in [0.29, 0.717) is 12.5 Å². The zero-order chi connectivity index (χ0) is 12.9. The Morgan fingerprint density at radius 3 is 2.12 bits per heavy atom. The lowest BCUT2D eigenvalue weighted by molar-refractivity contribution is -0.134. The van der Waals surface area contributed by atoms with E-state index in [4.69, 9.17) is 0 Å². The van der Waals surface area contributed by atoms with Crippen molar-refractivity contribution in [3.05, 3.63) is 0 Å². The molecule has 0 aliphatic rings. The van der Waals surface area contributed by atoms with Crippen LogP contribution in [0.2, 0.25) is 0 Å². The van der Waals surface area contributed by atoms with E-state index in [-0.39, 0.29) is 18.4 Å². The van der Waals surface area contributed by atoms with Crippen molar-refractivity contribution in [1.82, 2.24) is 10.2 Å². The number of amides is 2. The molecule has 4 heteroatoms. The average molecular weight is 228 g/mol. The molecule has 0 atom stereocenters. The summed E-state index contributed by atoms with van der Waals surface area (Å²) in [4.78, 5) is 24.8. The lowest BCUT2D eigenvalue weighted by Gasteiger charge is -2.21. The Morgan fingerprint density at radius 2 is 1.75 bits per heavy atom. The Balaban J connectivity index is 4.03. The molecule has 94 valence electrons. The van der Waals surface area contributed by atoms with Gasteiger partial charge < -0.3 is 10.2 Å². The maximum Gasteiger partial charge on any atom is 0.241 e. The number of carbonyl (C=O) groups is 2. The van der Waals surface area contributed by atoms with Crippen molar-refractivity contribution in [2.45, 2.75) is 34.6 Å². The highest BCUT2D eigenvalue weighted by Crippen LogP contribution is 2.12. The molecule has 16 heavy (non-hydrogen) atoms. The van der Waals surface area contributed by atoms with E-state index in [9.17, 15) is 9.59 Å². The van der Waals surface area contributed by atoms with Gasteiger partial charge in [0.2, 0.25) is 11.8 Å². The SMILES string of the molecule is CC(C)CN(C)C(=O)CNC(=O)C(C)(C)C. The Morgan fingerprint density at radius 1 is 1.25 bits per heavy atom. The summed E-state index contributed by atoms with van der Waals surface area (Å²) in [5.74, 6) is 0.289. The first-order valence-corrected chi connectivity index (χ1v) is 5.67. The minimum atomic E-state index is -0.448. The summed E-state index contributed by atoms with van der Waals surface area (Å²) in [6.45, 7) is 10.4. The van der Waals surface area contributed by atoms with Gasteiger partial charge in [-0.3, -0.25) is 9.59 Å². The Bertz CT molecular complexity index is 254. The van der Waals surface area contributed by atoms with Gasteiger partial charge in [0.15, 0.2) is 0 Å². The maximum absolute atomic E-state index is 11.6. The van der Waals surface area contributed by atoms with Gasteiger partial charge in [-0.2, -0.15) is 0 Å². The van der Waals surface area contributed by atoms with Crippen LogP contribution in [0.25, 0.3) is 0 Å². The van der Waals surface area contributed by atoms with Crippen LogP contribution in [0, 0.1) is 11.3 Å². The summed E-state index contributed by atoms with van der Waals surface area (Å²) in [5, 5.41) is 2.65. The molecular formula is C12H24N2O2. The zero-order valence-corrected chi connectivity index (χ0v) is 11.3. The molecule has 0 unspecified atom stereocenters. The second-order valence-electron chi connectivity index (χ2n) is 5.60. The average Bonchev–Trinajstić information content (AvgIpc) is 2.10. The van der Waals surface area contributed by atoms with Crippen LogP contribution in [-0.4, -0.2) is 36.9 Å². The van der Waals surface area contributed by atoms with Crippen LogP contribution < -0.4 is 5.32 Å². The van der Waals surface area contributed by atoms with Gasteiger partial charge in [-0.1, -0.05) is 34.6 Å². The van der Waals surface area contributed by atoms with E-state index >= 15 is 0 Å². The molecule has 0 heterocycles. The van der Waals surface area contributed by atoms with E-state index in [1.807, 2.05) is 20.8 Å². The van der Waals surface area contributed by atoms with Gasteiger partial charge in [0.1, 0.15) is 0 Å². The van der Waals surface area contributed by atoms with E-state index in [0.717, 1.165) is 0 Å². The normalized spacial score (nSPS) is 11.4. The number of rotatable bonds is 4. The van der Waals surface area contributed by atoms with E-state index < -0.39 is 5.41 Å². The van der Waals surface area contributed by atoms with Gasteiger partial charge in [-0.15, -0.1) is 0 Å². The third-order valence-corrected chi connectivity index (χ3v) is 2.15. The number of nitrogens with zero attached hydrogens (tertiary/aromatic N) is 1. The second kappa shape index (κ2) is 5.87. The number of carbonyl (C=O) groups excluding carboxylic acids is 2. The molecule has 1 N–H and O–H groups in total. The largest absolute Gasteiger partial charge is 0.347 e. The third kappa shape index (κ3) is 5.73. The predicted molar refractivity (Wildman–Crippen MR) is 64.9 cm³/mol. The summed E-state index contributed by atoms with van der Waals surface area (Å²) in [5.41, 5.74) is -0.448. The van der Waals surface area contributed by atoms with Gasteiger partial charge in [-0.05, 0) is 5.92 Å². The molecule has 0 saturated carbocycles. The summed E-state index contributed by atoms with van der Waals surface area (Å²) in [6, 6.07) is 0. The van der Waals surface area contributed by atoms with Crippen molar-refractivity contribution in [2.75, 3.05) is 20.1 Å². The fourth-order valence-corrected chi connectivity index (χ4v) is 1.21. The van der Waals surface area contributed by atoms with Gasteiger partial charge >= 0.3 is 0 Å². The van der Waals surface area contributed by atoms with Crippen molar-refractivity contribution >= 4 is 11.8 Å². The van der Waals surface area contributed by atoms with Crippen LogP contribution in [0.15, 0.2) is 0 Å². The minimum Gasteiger partial charge on any atom is -0.347 e. The molecule has 0 aromatic rings. The van der Waals surface area contributed by atoms with Crippen molar-refractivity contribution < 1.29 is 9.59 Å². The Hall–Kier alpha value is -1.06. The number of hydrogen-bond acceptors (Lipinski definition) is 2. The van der Waals surface area contributed by atoms with Crippen molar-refractivity contribution in [2.24, 2.45) is 11.3 Å². The molecule has 0 radical (unpaired) electrons. The summed E-state index contributed by atoms with van der Waals surface area (Å²) in [7, 11) is 1.76. The highest BCUT2D eigenvalue weighted by atomic mass is 16.2. The predicted octanol–water partition coefficient (Wildman–Crippen LogP) is 1.26. The first kappa shape index (κ1) is 14.9. The lowest BCUT2D eigenvalue weighted by atomic mass is 9.96. The van der Waals surface area contributed by atoms with Crippen LogP contribution in [-0.2, 0) is 9.59 Å². The number of nitrogens with one attached hydrogen (secondary N) is 1. The molecular weight excluding hydrogens is 204 g/mol. The van der Waals surface area contributed by atoms with E-state index in [1.165, 1.54) is 0 Å². The van der Waals surface area contributed by atoms with E-state index in [2.05, 4.69) is 19.2 Å². The van der Waals surface area contributed by atoms with Crippen molar-refractivity contribution in [1.29, 1.82) is 0 Å². The molecule has 2 amide bonds. The van der Waals surface area contributed by atoms with Gasteiger partial charge in [0.25, 0.3) is 0 Å². The molecule has 0 aliphatic carbocycles. The molecule has 0 rings (SSSR count). The first-order valence-electron chi connectivity index (χ1n) is 5.67. The van der Waals surface area contributed by atoms with Gasteiger partial charge in [-0.25, -0.2) is 0 Å². The molecule has 0 aromatic heterocycles.